The Kier molecular flexibility index (Phi) is 7.30. The number of sulfonamides is 1. The average molecular weight is 488 g/mol. The van der Waals surface area contributed by atoms with Crippen LogP contribution >= 0.6 is 11.3 Å². The molecular weight excluding hydrogens is 466 g/mol. The highest BCUT2D eigenvalue weighted by atomic mass is 32.2. The van der Waals surface area contributed by atoms with Crippen LogP contribution in [-0.4, -0.2) is 31.4 Å². The zero-order chi connectivity index (χ0) is 24.0. The lowest BCUT2D eigenvalue weighted by Gasteiger charge is -2.22. The molecule has 33 heavy (non-hydrogen) atoms. The van der Waals surface area contributed by atoms with Crippen molar-refractivity contribution < 1.29 is 23.1 Å². The van der Waals surface area contributed by atoms with Crippen molar-refractivity contribution in [2.45, 2.75) is 17.4 Å². The standard InChI is InChI=1S/C21H21N5O5S2/c22-21(23)25-26(33(30,31)16-8-2-1-3-9-16)15-7-4-6-14(12-15)17(13-19(27)28)24-20(29)18-10-5-11-32-18/h1-12,17H,13H2,(H,24,29)(H,27,28)(H4,22,23,25). The Morgan fingerprint density at radius 3 is 2.39 bits per heavy atom. The summed E-state index contributed by atoms with van der Waals surface area (Å²) in [5.41, 5.74) is 11.4. The van der Waals surface area contributed by atoms with Crippen LogP contribution in [0.5, 0.6) is 0 Å². The van der Waals surface area contributed by atoms with Gasteiger partial charge in [0.05, 0.1) is 27.9 Å². The van der Waals surface area contributed by atoms with Crippen molar-refractivity contribution in [3.05, 3.63) is 82.6 Å². The predicted octanol–water partition coefficient (Wildman–Crippen LogP) is 2.08. The largest absolute Gasteiger partial charge is 0.481 e. The molecule has 0 bridgehead atoms. The molecule has 1 unspecified atom stereocenters. The van der Waals surface area contributed by atoms with Gasteiger partial charge in [0.1, 0.15) is 0 Å². The van der Waals surface area contributed by atoms with Gasteiger partial charge in [-0.25, -0.2) is 0 Å². The number of aliphatic carboxylic acids is 1. The van der Waals surface area contributed by atoms with Crippen LogP contribution in [-0.2, 0) is 14.8 Å². The first-order chi connectivity index (χ1) is 15.7. The number of carbonyl (C=O) groups excluding carboxylic acids is 1. The predicted molar refractivity (Wildman–Crippen MR) is 125 cm³/mol. The molecule has 172 valence electrons. The second kappa shape index (κ2) is 10.1. The van der Waals surface area contributed by atoms with E-state index < -0.39 is 40.3 Å². The summed E-state index contributed by atoms with van der Waals surface area (Å²) in [7, 11) is -4.19. The summed E-state index contributed by atoms with van der Waals surface area (Å²) in [6.45, 7) is 0. The van der Waals surface area contributed by atoms with Crippen LogP contribution < -0.4 is 21.2 Å². The number of amides is 1. The quantitative estimate of drug-likeness (QED) is 0.203. The smallest absolute Gasteiger partial charge is 0.305 e. The number of anilines is 1. The zero-order valence-electron chi connectivity index (χ0n) is 17.2. The first-order valence-electron chi connectivity index (χ1n) is 9.54. The van der Waals surface area contributed by atoms with E-state index in [-0.39, 0.29) is 10.6 Å². The molecular formula is C21H21N5O5S2. The lowest BCUT2D eigenvalue weighted by atomic mass is 10.0. The molecule has 0 aliphatic heterocycles. The number of rotatable bonds is 9. The number of nitrogens with zero attached hydrogens (tertiary/aromatic N) is 2. The van der Waals surface area contributed by atoms with Gasteiger partial charge in [0.25, 0.3) is 15.9 Å². The molecule has 1 aromatic heterocycles. The van der Waals surface area contributed by atoms with E-state index >= 15 is 0 Å². The second-order valence-electron chi connectivity index (χ2n) is 6.78. The number of guanidine groups is 1. The highest BCUT2D eigenvalue weighted by Crippen LogP contribution is 2.28. The number of carbonyl (C=O) groups is 2. The number of hydrogen-bond acceptors (Lipinski definition) is 6. The fourth-order valence-corrected chi connectivity index (χ4v) is 4.89. The third kappa shape index (κ3) is 5.87. The Morgan fingerprint density at radius 2 is 1.79 bits per heavy atom. The van der Waals surface area contributed by atoms with E-state index in [0.29, 0.717) is 14.9 Å². The third-order valence-electron chi connectivity index (χ3n) is 4.40. The van der Waals surface area contributed by atoms with Crippen molar-refractivity contribution in [2.24, 2.45) is 16.6 Å². The summed E-state index contributed by atoms with van der Waals surface area (Å²) in [6, 6.07) is 15.9. The minimum atomic E-state index is -4.19. The topological polar surface area (TPSA) is 168 Å². The SMILES string of the molecule is NC(N)=NN(c1cccc(C(CC(=O)O)NC(=O)c2cccs2)c1)S(=O)(=O)c1ccccc1. The maximum atomic E-state index is 13.2. The third-order valence-corrected chi connectivity index (χ3v) is 6.88. The van der Waals surface area contributed by atoms with Gasteiger partial charge in [-0.3, -0.25) is 9.59 Å². The van der Waals surface area contributed by atoms with Crippen molar-refractivity contribution in [1.82, 2.24) is 5.32 Å². The number of carboxylic acid groups (broad SMARTS) is 1. The minimum absolute atomic E-state index is 0.0477. The van der Waals surface area contributed by atoms with Crippen LogP contribution in [0.4, 0.5) is 5.69 Å². The molecule has 0 spiro atoms. The van der Waals surface area contributed by atoms with E-state index in [2.05, 4.69) is 10.4 Å². The van der Waals surface area contributed by atoms with Gasteiger partial charge in [-0.05, 0) is 41.3 Å². The van der Waals surface area contributed by atoms with Crippen molar-refractivity contribution >= 4 is 44.9 Å². The Balaban J connectivity index is 2.02. The van der Waals surface area contributed by atoms with Crippen LogP contribution in [0.2, 0.25) is 0 Å². The fraction of sp³-hybridized carbons (Fsp3) is 0.0952. The molecule has 0 saturated carbocycles. The molecule has 0 aliphatic rings. The monoisotopic (exact) mass is 487 g/mol. The van der Waals surface area contributed by atoms with Crippen molar-refractivity contribution in [2.75, 3.05) is 4.41 Å². The maximum absolute atomic E-state index is 13.2. The van der Waals surface area contributed by atoms with Crippen LogP contribution in [0.25, 0.3) is 0 Å². The zero-order valence-corrected chi connectivity index (χ0v) is 18.8. The number of hydrazone groups is 1. The van der Waals surface area contributed by atoms with Crippen LogP contribution in [0.15, 0.2) is 82.1 Å². The van der Waals surface area contributed by atoms with Gasteiger partial charge in [-0.2, -0.15) is 12.8 Å². The molecule has 1 amide bonds. The number of thiophene rings is 1. The number of hydrogen-bond donors (Lipinski definition) is 4. The van der Waals surface area contributed by atoms with Crippen LogP contribution in [0, 0.1) is 0 Å². The Morgan fingerprint density at radius 1 is 1.06 bits per heavy atom. The summed E-state index contributed by atoms with van der Waals surface area (Å²) < 4.78 is 27.1. The molecule has 0 aliphatic carbocycles. The molecule has 3 rings (SSSR count). The van der Waals surface area contributed by atoms with Crippen molar-refractivity contribution in [1.29, 1.82) is 0 Å². The molecule has 10 nitrogen and oxygen atoms in total. The maximum Gasteiger partial charge on any atom is 0.305 e. The molecule has 12 heteroatoms. The van der Waals surface area contributed by atoms with Crippen molar-refractivity contribution in [3.8, 4) is 0 Å². The van der Waals surface area contributed by atoms with Crippen LogP contribution in [0.3, 0.4) is 0 Å². The lowest BCUT2D eigenvalue weighted by molar-refractivity contribution is -0.137. The Bertz CT molecular complexity index is 1260. The first kappa shape index (κ1) is 23.8. The van der Waals surface area contributed by atoms with E-state index in [4.69, 9.17) is 11.5 Å². The number of nitrogens with one attached hydrogen (secondary N) is 1. The van der Waals surface area contributed by atoms with Gasteiger partial charge in [-0.15, -0.1) is 16.4 Å². The normalized spacial score (nSPS) is 11.9. The molecule has 0 saturated heterocycles. The summed E-state index contributed by atoms with van der Waals surface area (Å²) in [5.74, 6) is -2.08. The van der Waals surface area contributed by atoms with Crippen LogP contribution in [0.1, 0.15) is 27.7 Å². The van der Waals surface area contributed by atoms with E-state index in [1.165, 1.54) is 41.7 Å². The van der Waals surface area contributed by atoms with Gasteiger partial charge >= 0.3 is 5.97 Å². The Hall–Kier alpha value is -3.90. The molecule has 3 aromatic rings. The molecule has 0 fully saturated rings. The average Bonchev–Trinajstić information content (AvgIpc) is 3.32. The molecule has 0 radical (unpaired) electrons. The van der Waals surface area contributed by atoms with E-state index in [1.807, 2.05) is 0 Å². The summed E-state index contributed by atoms with van der Waals surface area (Å²) in [4.78, 5) is 24.3. The van der Waals surface area contributed by atoms with E-state index in [0.717, 1.165) is 0 Å². The summed E-state index contributed by atoms with van der Waals surface area (Å²) in [5, 5.41) is 17.5. The number of benzene rings is 2. The van der Waals surface area contributed by atoms with Gasteiger partial charge in [0.2, 0.25) is 5.96 Å². The van der Waals surface area contributed by atoms with Gasteiger partial charge in [0.15, 0.2) is 0 Å². The summed E-state index contributed by atoms with van der Waals surface area (Å²) in [6.07, 6.45) is -0.422. The molecule has 1 heterocycles. The molecule has 6 N–H and O–H groups in total. The van der Waals surface area contributed by atoms with E-state index in [9.17, 15) is 23.1 Å². The first-order valence-corrected chi connectivity index (χ1v) is 11.9. The molecule has 2 aromatic carbocycles. The van der Waals surface area contributed by atoms with E-state index in [1.54, 1.807) is 41.8 Å². The fourth-order valence-electron chi connectivity index (χ4n) is 2.97. The van der Waals surface area contributed by atoms with Crippen molar-refractivity contribution in [3.63, 3.8) is 0 Å². The lowest BCUT2D eigenvalue weighted by Crippen LogP contribution is -2.33. The number of nitrogens with two attached hydrogens (primary N) is 2. The van der Waals surface area contributed by atoms with Gasteiger partial charge < -0.3 is 21.9 Å². The highest BCUT2D eigenvalue weighted by Gasteiger charge is 2.27. The minimum Gasteiger partial charge on any atom is -0.481 e. The second-order valence-corrected chi connectivity index (χ2v) is 9.50. The number of carboxylic acids is 1. The highest BCUT2D eigenvalue weighted by molar-refractivity contribution is 7.92. The van der Waals surface area contributed by atoms with Gasteiger partial charge in [-0.1, -0.05) is 36.4 Å². The summed E-state index contributed by atoms with van der Waals surface area (Å²) >= 11 is 1.21. The molecule has 1 atom stereocenters. The Labute approximate surface area is 194 Å². The van der Waals surface area contributed by atoms with Gasteiger partial charge in [0, 0.05) is 0 Å².